The minimum Gasteiger partial charge on any atom is -0.435 e. The van der Waals surface area contributed by atoms with E-state index in [0.717, 1.165) is 6.08 Å². The van der Waals surface area contributed by atoms with E-state index in [1.54, 1.807) is 0 Å². The molecule has 0 saturated heterocycles. The van der Waals surface area contributed by atoms with Crippen molar-refractivity contribution in [1.82, 2.24) is 4.98 Å². The minimum atomic E-state index is -4.60. The van der Waals surface area contributed by atoms with E-state index in [1.807, 2.05) is 0 Å². The van der Waals surface area contributed by atoms with Crippen molar-refractivity contribution >= 4 is 29.4 Å². The zero-order chi connectivity index (χ0) is 19.3. The Morgan fingerprint density at radius 3 is 2.42 bits per heavy atom. The number of carbonyl (C=O) groups is 1. The third-order valence-electron chi connectivity index (χ3n) is 2.94. The minimum absolute atomic E-state index is 0.0395. The molecule has 4 nitrogen and oxygen atoms in total. The second-order valence-corrected chi connectivity index (χ2v) is 5.23. The van der Waals surface area contributed by atoms with Gasteiger partial charge in [-0.1, -0.05) is 23.7 Å². The molecule has 26 heavy (non-hydrogen) atoms. The zero-order valence-electron chi connectivity index (χ0n) is 12.7. The summed E-state index contributed by atoms with van der Waals surface area (Å²) in [5.41, 5.74) is -0.532. The monoisotopic (exact) mass is 392 g/mol. The van der Waals surface area contributed by atoms with Crippen LogP contribution in [0.5, 0.6) is 5.75 Å². The lowest BCUT2D eigenvalue weighted by molar-refractivity contribution is -0.137. The molecule has 0 spiro atoms. The number of amides is 1. The molecular weight excluding hydrogens is 383 g/mol. The lowest BCUT2D eigenvalue weighted by Gasteiger charge is -2.09. The normalized spacial score (nSPS) is 11.8. The third kappa shape index (κ3) is 5.69. The highest BCUT2D eigenvalue weighted by molar-refractivity contribution is 6.33. The van der Waals surface area contributed by atoms with E-state index in [0.29, 0.717) is 17.8 Å². The second kappa shape index (κ2) is 8.13. The van der Waals surface area contributed by atoms with Gasteiger partial charge in [0.2, 0.25) is 5.91 Å². The smallest absolute Gasteiger partial charge is 0.417 e. The molecule has 0 aliphatic heterocycles. The molecule has 1 aromatic heterocycles. The molecule has 0 unspecified atom stereocenters. The number of anilines is 1. The van der Waals surface area contributed by atoms with Crippen molar-refractivity contribution in [2.45, 2.75) is 12.8 Å². The van der Waals surface area contributed by atoms with E-state index in [4.69, 9.17) is 11.6 Å². The maximum Gasteiger partial charge on any atom is 0.417 e. The van der Waals surface area contributed by atoms with Gasteiger partial charge in [0.05, 0.1) is 10.6 Å². The maximum absolute atomic E-state index is 12.5. The predicted molar refractivity (Wildman–Crippen MR) is 85.0 cm³/mol. The number of benzene rings is 1. The van der Waals surface area contributed by atoms with E-state index < -0.39 is 24.3 Å². The second-order valence-electron chi connectivity index (χ2n) is 4.82. The Bertz CT molecular complexity index is 807. The van der Waals surface area contributed by atoms with Crippen molar-refractivity contribution < 1.29 is 31.5 Å². The van der Waals surface area contributed by atoms with Gasteiger partial charge in [-0.05, 0) is 29.8 Å². The number of carbonyl (C=O) groups excluding carboxylic acids is 1. The van der Waals surface area contributed by atoms with Crippen LogP contribution < -0.4 is 10.1 Å². The summed E-state index contributed by atoms with van der Waals surface area (Å²) in [5.74, 6) is -0.954. The van der Waals surface area contributed by atoms with Crippen molar-refractivity contribution in [2.75, 3.05) is 5.32 Å². The molecular formula is C16H10ClF5N2O2. The van der Waals surface area contributed by atoms with Gasteiger partial charge in [-0.2, -0.15) is 22.0 Å². The molecule has 0 radical (unpaired) electrons. The summed E-state index contributed by atoms with van der Waals surface area (Å²) in [6.07, 6.45) is -1.61. The molecule has 2 aromatic rings. The first-order chi connectivity index (χ1) is 12.1. The van der Waals surface area contributed by atoms with Crippen molar-refractivity contribution in [2.24, 2.45) is 0 Å². The van der Waals surface area contributed by atoms with Gasteiger partial charge < -0.3 is 10.1 Å². The standard InChI is InChI=1S/C16H10ClF5N2O2/c17-12-7-10(16(20,21)22)8-23-14(12)24-13(25)6-3-9-1-4-11(5-2-9)26-15(18)19/h1-8,15H,(H,23,24,25). The molecule has 1 N–H and O–H groups in total. The largest absolute Gasteiger partial charge is 0.435 e. The number of hydrogen-bond acceptors (Lipinski definition) is 3. The SMILES string of the molecule is O=C(C=Cc1ccc(OC(F)F)cc1)Nc1ncc(C(F)(F)F)cc1Cl. The first-order valence-electron chi connectivity index (χ1n) is 6.92. The molecule has 2 rings (SSSR count). The first-order valence-corrected chi connectivity index (χ1v) is 7.29. The number of nitrogens with one attached hydrogen (secondary N) is 1. The molecule has 0 atom stereocenters. The van der Waals surface area contributed by atoms with Gasteiger partial charge in [0.15, 0.2) is 5.82 Å². The number of aromatic nitrogens is 1. The average Bonchev–Trinajstić information content (AvgIpc) is 2.54. The van der Waals surface area contributed by atoms with Crippen molar-refractivity contribution in [3.05, 3.63) is 58.8 Å². The van der Waals surface area contributed by atoms with Crippen LogP contribution in [0.2, 0.25) is 5.02 Å². The Morgan fingerprint density at radius 2 is 1.88 bits per heavy atom. The molecule has 0 aliphatic rings. The lowest BCUT2D eigenvalue weighted by atomic mass is 10.2. The number of alkyl halides is 5. The summed E-state index contributed by atoms with van der Waals surface area (Å²) in [5, 5.41) is 1.87. The number of nitrogens with zero attached hydrogens (tertiary/aromatic N) is 1. The van der Waals surface area contributed by atoms with Gasteiger partial charge in [0.1, 0.15) is 5.75 Å². The number of ether oxygens (including phenoxy) is 1. The molecule has 0 saturated carbocycles. The molecule has 1 aromatic carbocycles. The summed E-state index contributed by atoms with van der Waals surface area (Å²) in [4.78, 5) is 15.3. The van der Waals surface area contributed by atoms with Crippen LogP contribution in [0.25, 0.3) is 6.08 Å². The highest BCUT2D eigenvalue weighted by Crippen LogP contribution is 2.32. The third-order valence-corrected chi connectivity index (χ3v) is 3.23. The number of hydrogen-bond donors (Lipinski definition) is 1. The van der Waals surface area contributed by atoms with Crippen molar-refractivity contribution in [3.63, 3.8) is 0 Å². The summed E-state index contributed by atoms with van der Waals surface area (Å²) in [6, 6.07) is 6.10. The van der Waals surface area contributed by atoms with Gasteiger partial charge in [-0.3, -0.25) is 4.79 Å². The molecule has 1 heterocycles. The van der Waals surface area contributed by atoms with Gasteiger partial charge in [-0.25, -0.2) is 4.98 Å². The summed E-state index contributed by atoms with van der Waals surface area (Å²) >= 11 is 5.68. The predicted octanol–water partition coefficient (Wildman–Crippen LogP) is 5.01. The van der Waals surface area contributed by atoms with E-state index >= 15 is 0 Å². The van der Waals surface area contributed by atoms with Gasteiger partial charge in [0, 0.05) is 12.3 Å². The Labute approximate surface area is 149 Å². The molecule has 138 valence electrons. The van der Waals surface area contributed by atoms with Gasteiger partial charge in [-0.15, -0.1) is 0 Å². The molecule has 0 aliphatic carbocycles. The average molecular weight is 393 g/mol. The Hall–Kier alpha value is -2.68. The van der Waals surface area contributed by atoms with E-state index in [1.165, 1.54) is 30.3 Å². The van der Waals surface area contributed by atoms with Crippen LogP contribution in [0.15, 0.2) is 42.6 Å². The first kappa shape index (κ1) is 19.6. The summed E-state index contributed by atoms with van der Waals surface area (Å²) in [6.45, 7) is -2.94. The van der Waals surface area contributed by atoms with Crippen LogP contribution in [0, 0.1) is 0 Å². The Morgan fingerprint density at radius 1 is 1.23 bits per heavy atom. The van der Waals surface area contributed by atoms with E-state index in [2.05, 4.69) is 15.0 Å². The highest BCUT2D eigenvalue weighted by atomic mass is 35.5. The van der Waals surface area contributed by atoms with Crippen LogP contribution in [0.3, 0.4) is 0 Å². The van der Waals surface area contributed by atoms with Crippen LogP contribution in [-0.2, 0) is 11.0 Å². The summed E-state index contributed by atoms with van der Waals surface area (Å²) in [7, 11) is 0. The fourth-order valence-electron chi connectivity index (χ4n) is 1.78. The Balaban J connectivity index is 2.01. The van der Waals surface area contributed by atoms with Gasteiger partial charge in [0.25, 0.3) is 0 Å². The molecule has 1 amide bonds. The molecule has 0 fully saturated rings. The Kier molecular flexibility index (Phi) is 6.14. The van der Waals surface area contributed by atoms with Crippen LogP contribution in [-0.4, -0.2) is 17.5 Å². The quantitative estimate of drug-likeness (QED) is 0.575. The molecule has 10 heteroatoms. The van der Waals surface area contributed by atoms with Crippen molar-refractivity contribution in [3.8, 4) is 5.75 Å². The summed E-state index contributed by atoms with van der Waals surface area (Å²) < 4.78 is 65.8. The van der Waals surface area contributed by atoms with Crippen LogP contribution >= 0.6 is 11.6 Å². The van der Waals surface area contributed by atoms with Crippen LogP contribution in [0.4, 0.5) is 27.8 Å². The van der Waals surface area contributed by atoms with Gasteiger partial charge >= 0.3 is 12.8 Å². The number of pyridine rings is 1. The van der Waals surface area contributed by atoms with E-state index in [9.17, 15) is 26.7 Å². The molecule has 0 bridgehead atoms. The topological polar surface area (TPSA) is 51.2 Å². The van der Waals surface area contributed by atoms with Crippen LogP contribution in [0.1, 0.15) is 11.1 Å². The zero-order valence-corrected chi connectivity index (χ0v) is 13.5. The lowest BCUT2D eigenvalue weighted by Crippen LogP contribution is -2.11. The van der Waals surface area contributed by atoms with E-state index in [-0.39, 0.29) is 16.6 Å². The fraction of sp³-hybridized carbons (Fsp3) is 0.125. The maximum atomic E-state index is 12.5. The highest BCUT2D eigenvalue weighted by Gasteiger charge is 2.31. The van der Waals surface area contributed by atoms with Crippen molar-refractivity contribution in [1.29, 1.82) is 0 Å². The number of rotatable bonds is 5. The fourth-order valence-corrected chi connectivity index (χ4v) is 1.99. The number of halogens is 6.